The average Bonchev–Trinajstić information content (AvgIpc) is 2.46. The van der Waals surface area contributed by atoms with Crippen molar-refractivity contribution in [2.75, 3.05) is 19.7 Å². The van der Waals surface area contributed by atoms with Gasteiger partial charge in [0.05, 0.1) is 12.7 Å². The fourth-order valence-corrected chi connectivity index (χ4v) is 2.24. The van der Waals surface area contributed by atoms with Crippen LogP contribution in [0.25, 0.3) is 0 Å². The van der Waals surface area contributed by atoms with E-state index in [-0.39, 0.29) is 12.2 Å². The molecule has 1 aliphatic heterocycles. The van der Waals surface area contributed by atoms with E-state index in [1.807, 2.05) is 13.8 Å². The van der Waals surface area contributed by atoms with Gasteiger partial charge in [-0.05, 0) is 38.7 Å². The monoisotopic (exact) mass is 288 g/mol. The first kappa shape index (κ1) is 15.7. The molecule has 0 spiro atoms. The minimum atomic E-state index is -0.218. The number of nitrogens with zero attached hydrogens (tertiary/aromatic N) is 2. The van der Waals surface area contributed by atoms with Gasteiger partial charge in [-0.15, -0.1) is 0 Å². The van der Waals surface area contributed by atoms with E-state index in [4.69, 9.17) is 17.3 Å². The maximum atomic E-state index is 11.8. The number of likely N-dealkylation sites (tertiary alicyclic amines) is 1. The van der Waals surface area contributed by atoms with E-state index in [0.29, 0.717) is 23.9 Å². The number of carbonyl (C=O) groups is 1. The molecule has 2 rings (SSSR count). The van der Waals surface area contributed by atoms with Crippen LogP contribution < -0.4 is 10.2 Å². The Bertz CT molecular complexity index is 456. The summed E-state index contributed by atoms with van der Waals surface area (Å²) in [6.07, 6.45) is 3.13. The van der Waals surface area contributed by atoms with Gasteiger partial charge in [-0.1, -0.05) is 11.5 Å². The van der Waals surface area contributed by atoms with Crippen molar-refractivity contribution in [1.29, 1.82) is 0 Å². The fraction of sp³-hybridized carbons (Fsp3) is 0.600. The van der Waals surface area contributed by atoms with Crippen LogP contribution in [0, 0.1) is 5.92 Å². The molecule has 0 bridgehead atoms. The lowest BCUT2D eigenvalue weighted by atomic mass is 9.98. The molecule has 2 heterocycles. The van der Waals surface area contributed by atoms with E-state index in [1.165, 1.54) is 0 Å². The highest BCUT2D eigenvalue weighted by Crippen LogP contribution is 2.19. The van der Waals surface area contributed by atoms with Gasteiger partial charge in [0.15, 0.2) is 0 Å². The average molecular weight is 288 g/mol. The Morgan fingerprint density at radius 3 is 2.71 bits per heavy atom. The predicted molar refractivity (Wildman–Crippen MR) is 81.0 cm³/mol. The molecule has 0 unspecified atom stereocenters. The Balaban J connectivity index is 1.71. The van der Waals surface area contributed by atoms with E-state index in [9.17, 15) is 4.79 Å². The number of hydrogen-bond donors (Lipinski definition) is 0. The Kier molecular flexibility index (Phi) is 5.48. The van der Waals surface area contributed by atoms with E-state index < -0.39 is 0 Å². The van der Waals surface area contributed by atoms with Crippen LogP contribution in [0.3, 0.4) is 0 Å². The second kappa shape index (κ2) is 7.34. The van der Waals surface area contributed by atoms with Crippen molar-refractivity contribution in [3.8, 4) is 5.88 Å². The highest BCUT2D eigenvalue weighted by molar-refractivity contribution is 6.32. The third-order valence-electron chi connectivity index (χ3n) is 3.44. The number of ether oxygens (including phenoxy) is 2. The molecule has 0 N–H and O–H groups in total. The Morgan fingerprint density at radius 2 is 2.14 bits per heavy atom. The summed E-state index contributed by atoms with van der Waals surface area (Å²) in [5.74, 6) is 1.03. The zero-order chi connectivity index (χ0) is 15.2. The van der Waals surface area contributed by atoms with Gasteiger partial charge in [-0.2, -0.15) is 0 Å². The third-order valence-corrected chi connectivity index (χ3v) is 3.44. The molecule has 0 atom stereocenters. The maximum absolute atomic E-state index is 11.8. The SMILES string of the molecule is [B]c1ccc(OCC2CCN(C(=O)OC(C)C)CC2)nc1. The Hall–Kier alpha value is -1.72. The second-order valence-electron chi connectivity index (χ2n) is 5.60. The van der Waals surface area contributed by atoms with Gasteiger partial charge in [-0.25, -0.2) is 9.78 Å². The number of hydrogen-bond acceptors (Lipinski definition) is 4. The molecule has 2 radical (unpaired) electrons. The standard InChI is InChI=1S/C15H21BN2O3/c1-11(2)21-15(19)18-7-5-12(6-8-18)10-20-14-4-3-13(16)9-17-14/h3-4,9,11-12H,5-8,10H2,1-2H3. The molecule has 112 valence electrons. The van der Waals surface area contributed by atoms with Gasteiger partial charge in [0.25, 0.3) is 0 Å². The molecular formula is C15H21BN2O3. The summed E-state index contributed by atoms with van der Waals surface area (Å²) in [4.78, 5) is 17.6. The summed E-state index contributed by atoms with van der Waals surface area (Å²) in [5.41, 5.74) is 0.624. The summed E-state index contributed by atoms with van der Waals surface area (Å²) in [5, 5.41) is 0. The quantitative estimate of drug-likeness (QED) is 0.788. The lowest BCUT2D eigenvalue weighted by Crippen LogP contribution is -2.40. The van der Waals surface area contributed by atoms with Crippen molar-refractivity contribution in [1.82, 2.24) is 9.88 Å². The second-order valence-corrected chi connectivity index (χ2v) is 5.60. The van der Waals surface area contributed by atoms with Crippen LogP contribution in [0.5, 0.6) is 5.88 Å². The minimum Gasteiger partial charge on any atom is -0.477 e. The zero-order valence-corrected chi connectivity index (χ0v) is 12.6. The van der Waals surface area contributed by atoms with Crippen molar-refractivity contribution in [3.63, 3.8) is 0 Å². The van der Waals surface area contributed by atoms with Crippen molar-refractivity contribution in [3.05, 3.63) is 18.3 Å². The molecular weight excluding hydrogens is 267 g/mol. The highest BCUT2D eigenvalue weighted by Gasteiger charge is 2.24. The van der Waals surface area contributed by atoms with E-state index in [2.05, 4.69) is 4.98 Å². The van der Waals surface area contributed by atoms with E-state index in [0.717, 1.165) is 25.9 Å². The van der Waals surface area contributed by atoms with Gasteiger partial charge in [0.2, 0.25) is 5.88 Å². The normalized spacial score (nSPS) is 16.0. The summed E-state index contributed by atoms with van der Waals surface area (Å²) in [6.45, 7) is 5.77. The van der Waals surface area contributed by atoms with E-state index in [1.54, 1.807) is 23.2 Å². The topological polar surface area (TPSA) is 51.7 Å². The lowest BCUT2D eigenvalue weighted by Gasteiger charge is -2.31. The zero-order valence-electron chi connectivity index (χ0n) is 12.6. The van der Waals surface area contributed by atoms with Gasteiger partial charge >= 0.3 is 6.09 Å². The number of rotatable bonds is 4. The van der Waals surface area contributed by atoms with Crippen LogP contribution in [0.4, 0.5) is 4.79 Å². The number of piperidine rings is 1. The van der Waals surface area contributed by atoms with Crippen LogP contribution in [0.1, 0.15) is 26.7 Å². The first-order chi connectivity index (χ1) is 10.0. The fourth-order valence-electron chi connectivity index (χ4n) is 2.24. The van der Waals surface area contributed by atoms with Crippen molar-refractivity contribution in [2.45, 2.75) is 32.8 Å². The van der Waals surface area contributed by atoms with Crippen molar-refractivity contribution < 1.29 is 14.3 Å². The first-order valence-electron chi connectivity index (χ1n) is 7.34. The number of amides is 1. The largest absolute Gasteiger partial charge is 0.477 e. The molecule has 1 aromatic heterocycles. The highest BCUT2D eigenvalue weighted by atomic mass is 16.6. The summed E-state index contributed by atoms with van der Waals surface area (Å²) >= 11 is 0. The summed E-state index contributed by atoms with van der Waals surface area (Å²) < 4.78 is 10.9. The molecule has 1 aliphatic rings. The number of aromatic nitrogens is 1. The van der Waals surface area contributed by atoms with Crippen LogP contribution in [-0.4, -0.2) is 49.6 Å². The smallest absolute Gasteiger partial charge is 0.410 e. The van der Waals surface area contributed by atoms with Crippen LogP contribution in [0.15, 0.2) is 18.3 Å². The number of pyridine rings is 1. The molecule has 6 heteroatoms. The van der Waals surface area contributed by atoms with Gasteiger partial charge in [-0.3, -0.25) is 0 Å². The lowest BCUT2D eigenvalue weighted by molar-refractivity contribution is 0.0606. The molecule has 5 nitrogen and oxygen atoms in total. The van der Waals surface area contributed by atoms with Gasteiger partial charge in [0.1, 0.15) is 7.85 Å². The summed E-state index contributed by atoms with van der Waals surface area (Å²) in [6, 6.07) is 3.54. The minimum absolute atomic E-state index is 0.0739. The third kappa shape index (κ3) is 4.95. The van der Waals surface area contributed by atoms with Crippen LogP contribution in [0.2, 0.25) is 0 Å². The Labute approximate surface area is 127 Å². The van der Waals surface area contributed by atoms with Gasteiger partial charge in [0, 0.05) is 19.3 Å². The predicted octanol–water partition coefficient (Wildman–Crippen LogP) is 1.51. The molecule has 0 saturated carbocycles. The first-order valence-corrected chi connectivity index (χ1v) is 7.34. The molecule has 1 fully saturated rings. The number of carbonyl (C=O) groups excluding carboxylic acids is 1. The van der Waals surface area contributed by atoms with Crippen molar-refractivity contribution >= 4 is 19.4 Å². The molecule has 1 saturated heterocycles. The molecule has 1 aromatic rings. The Morgan fingerprint density at radius 1 is 1.43 bits per heavy atom. The molecule has 1 amide bonds. The molecule has 21 heavy (non-hydrogen) atoms. The van der Waals surface area contributed by atoms with E-state index >= 15 is 0 Å². The summed E-state index contributed by atoms with van der Waals surface area (Å²) in [7, 11) is 5.58. The van der Waals surface area contributed by atoms with Crippen LogP contribution in [-0.2, 0) is 4.74 Å². The van der Waals surface area contributed by atoms with Gasteiger partial charge < -0.3 is 14.4 Å². The van der Waals surface area contributed by atoms with Crippen LogP contribution >= 0.6 is 0 Å². The van der Waals surface area contributed by atoms with Crippen molar-refractivity contribution in [2.24, 2.45) is 5.92 Å². The molecule has 0 aliphatic carbocycles. The maximum Gasteiger partial charge on any atom is 0.410 e. The molecule has 0 aromatic carbocycles.